The Labute approximate surface area is 110 Å². The van der Waals surface area contributed by atoms with E-state index in [-0.39, 0.29) is 24.5 Å². The lowest BCUT2D eigenvalue weighted by molar-refractivity contribution is -0.124. The second kappa shape index (κ2) is 7.10. The fourth-order valence-corrected chi connectivity index (χ4v) is 2.72. The molecule has 0 saturated heterocycles. The van der Waals surface area contributed by atoms with Gasteiger partial charge in [-0.1, -0.05) is 26.7 Å². The third-order valence-corrected chi connectivity index (χ3v) is 4.05. The first-order chi connectivity index (χ1) is 8.45. The molecule has 0 aromatic rings. The molecule has 0 radical (unpaired) electrons. The number of hydrogen-bond donors (Lipinski definition) is 2. The minimum Gasteiger partial charge on any atom is -0.389 e. The van der Waals surface area contributed by atoms with E-state index in [1.165, 1.54) is 26.4 Å². The van der Waals surface area contributed by atoms with Crippen LogP contribution in [0.5, 0.6) is 0 Å². The van der Waals surface area contributed by atoms with Crippen LogP contribution in [0.25, 0.3) is 0 Å². The van der Waals surface area contributed by atoms with Gasteiger partial charge in [0.1, 0.15) is 0 Å². The fraction of sp³-hybridized carbons (Fsp3) is 0.929. The lowest BCUT2D eigenvalue weighted by Gasteiger charge is -2.38. The maximum Gasteiger partial charge on any atom is 0.220 e. The molecule has 106 valence electrons. The Balaban J connectivity index is 2.30. The third kappa shape index (κ3) is 4.94. The molecule has 0 spiro atoms. The zero-order valence-corrected chi connectivity index (χ0v) is 11.9. The van der Waals surface area contributed by atoms with Crippen LogP contribution in [-0.4, -0.2) is 37.4 Å². The van der Waals surface area contributed by atoms with Gasteiger partial charge in [-0.2, -0.15) is 0 Å². The summed E-state index contributed by atoms with van der Waals surface area (Å²) >= 11 is 0. The van der Waals surface area contributed by atoms with Gasteiger partial charge in [0.2, 0.25) is 5.91 Å². The van der Waals surface area contributed by atoms with E-state index in [0.717, 1.165) is 6.42 Å². The maximum absolute atomic E-state index is 11.8. The Morgan fingerprint density at radius 3 is 2.83 bits per heavy atom. The Kier molecular flexibility index (Phi) is 6.09. The standard InChI is InChI=1S/C14H27NO3/c1-14(2)7-5-4-6-11(14)8-13(17)15-9-12(16)10-18-3/h11-12,16H,4-10H2,1-3H3,(H,15,17). The van der Waals surface area contributed by atoms with Crippen molar-refractivity contribution in [2.45, 2.75) is 52.1 Å². The number of rotatable bonds is 6. The zero-order chi connectivity index (χ0) is 13.6. The van der Waals surface area contributed by atoms with Gasteiger partial charge in [-0.15, -0.1) is 0 Å². The van der Waals surface area contributed by atoms with Crippen molar-refractivity contribution < 1.29 is 14.6 Å². The molecule has 1 aliphatic carbocycles. The van der Waals surface area contributed by atoms with Gasteiger partial charge in [-0.05, 0) is 24.2 Å². The average molecular weight is 257 g/mol. The van der Waals surface area contributed by atoms with E-state index in [1.54, 1.807) is 0 Å². The molecular weight excluding hydrogens is 230 g/mol. The van der Waals surface area contributed by atoms with E-state index in [9.17, 15) is 9.90 Å². The van der Waals surface area contributed by atoms with Crippen LogP contribution in [0.3, 0.4) is 0 Å². The van der Waals surface area contributed by atoms with Crippen LogP contribution in [0.15, 0.2) is 0 Å². The van der Waals surface area contributed by atoms with E-state index in [4.69, 9.17) is 4.74 Å². The number of ether oxygens (including phenoxy) is 1. The lowest BCUT2D eigenvalue weighted by atomic mass is 9.67. The molecule has 1 aliphatic rings. The Hall–Kier alpha value is -0.610. The zero-order valence-electron chi connectivity index (χ0n) is 11.9. The summed E-state index contributed by atoms with van der Waals surface area (Å²) in [6.45, 7) is 5.04. The minimum atomic E-state index is -0.613. The largest absolute Gasteiger partial charge is 0.389 e. The Morgan fingerprint density at radius 1 is 1.50 bits per heavy atom. The van der Waals surface area contributed by atoms with Crippen LogP contribution in [-0.2, 0) is 9.53 Å². The first kappa shape index (κ1) is 15.4. The average Bonchev–Trinajstić information content (AvgIpc) is 2.30. The van der Waals surface area contributed by atoms with Crippen LogP contribution in [0.1, 0.15) is 46.0 Å². The summed E-state index contributed by atoms with van der Waals surface area (Å²) in [6.07, 6.45) is 4.81. The van der Waals surface area contributed by atoms with Crippen molar-refractivity contribution in [1.29, 1.82) is 0 Å². The van der Waals surface area contributed by atoms with Crippen molar-refractivity contribution in [3.63, 3.8) is 0 Å². The van der Waals surface area contributed by atoms with Crippen molar-refractivity contribution in [1.82, 2.24) is 5.32 Å². The van der Waals surface area contributed by atoms with Gasteiger partial charge in [0.05, 0.1) is 12.7 Å². The minimum absolute atomic E-state index is 0.0464. The van der Waals surface area contributed by atoms with E-state index >= 15 is 0 Å². The normalized spacial score (nSPS) is 24.6. The highest BCUT2D eigenvalue weighted by molar-refractivity contribution is 5.76. The van der Waals surface area contributed by atoms with Gasteiger partial charge in [0, 0.05) is 20.1 Å². The number of aliphatic hydroxyl groups is 1. The first-order valence-corrected chi connectivity index (χ1v) is 6.89. The number of aliphatic hydroxyl groups excluding tert-OH is 1. The highest BCUT2D eigenvalue weighted by atomic mass is 16.5. The number of carbonyl (C=O) groups is 1. The van der Waals surface area contributed by atoms with Gasteiger partial charge in [0.15, 0.2) is 0 Å². The Bertz CT molecular complexity index is 266. The molecule has 2 atom stereocenters. The summed E-state index contributed by atoms with van der Waals surface area (Å²) < 4.78 is 4.82. The molecular formula is C14H27NO3. The quantitative estimate of drug-likeness (QED) is 0.761. The predicted octanol–water partition coefficient (Wildman–Crippen LogP) is 1.72. The molecule has 2 N–H and O–H groups in total. The summed E-state index contributed by atoms with van der Waals surface area (Å²) in [5.41, 5.74) is 0.265. The molecule has 0 heterocycles. The van der Waals surface area contributed by atoms with Crippen molar-refractivity contribution >= 4 is 5.91 Å². The van der Waals surface area contributed by atoms with Crippen LogP contribution >= 0.6 is 0 Å². The molecule has 0 aliphatic heterocycles. The van der Waals surface area contributed by atoms with Gasteiger partial charge in [-0.25, -0.2) is 0 Å². The van der Waals surface area contributed by atoms with E-state index < -0.39 is 6.10 Å². The van der Waals surface area contributed by atoms with Gasteiger partial charge < -0.3 is 15.2 Å². The molecule has 1 fully saturated rings. The molecule has 1 amide bonds. The summed E-state index contributed by atoms with van der Waals surface area (Å²) in [6, 6.07) is 0. The number of methoxy groups -OCH3 is 1. The van der Waals surface area contributed by atoms with E-state index in [0.29, 0.717) is 12.3 Å². The van der Waals surface area contributed by atoms with Crippen molar-refractivity contribution in [3.05, 3.63) is 0 Å². The molecule has 4 nitrogen and oxygen atoms in total. The maximum atomic E-state index is 11.8. The highest BCUT2D eigenvalue weighted by Gasteiger charge is 2.33. The second-order valence-electron chi connectivity index (χ2n) is 6.05. The van der Waals surface area contributed by atoms with Crippen molar-refractivity contribution in [3.8, 4) is 0 Å². The topological polar surface area (TPSA) is 58.6 Å². The van der Waals surface area contributed by atoms with Crippen LogP contribution in [0.2, 0.25) is 0 Å². The van der Waals surface area contributed by atoms with Crippen LogP contribution in [0, 0.1) is 11.3 Å². The lowest BCUT2D eigenvalue weighted by Crippen LogP contribution is -2.38. The number of carbonyl (C=O) groups excluding carboxylic acids is 1. The molecule has 1 saturated carbocycles. The first-order valence-electron chi connectivity index (χ1n) is 6.89. The van der Waals surface area contributed by atoms with E-state index in [2.05, 4.69) is 19.2 Å². The molecule has 18 heavy (non-hydrogen) atoms. The summed E-state index contributed by atoms with van der Waals surface area (Å²) in [4.78, 5) is 11.8. The number of hydrogen-bond acceptors (Lipinski definition) is 3. The molecule has 0 aromatic heterocycles. The third-order valence-electron chi connectivity index (χ3n) is 4.05. The smallest absolute Gasteiger partial charge is 0.220 e. The molecule has 0 bridgehead atoms. The Morgan fingerprint density at radius 2 is 2.22 bits per heavy atom. The number of nitrogens with one attached hydrogen (secondary N) is 1. The monoisotopic (exact) mass is 257 g/mol. The summed E-state index contributed by atoms with van der Waals surface area (Å²) in [5.74, 6) is 0.510. The molecule has 0 aromatic carbocycles. The van der Waals surface area contributed by atoms with Crippen molar-refractivity contribution in [2.75, 3.05) is 20.3 Å². The SMILES string of the molecule is COCC(O)CNC(=O)CC1CCCCC1(C)C. The van der Waals surface area contributed by atoms with Gasteiger partial charge in [-0.3, -0.25) is 4.79 Å². The summed E-state index contributed by atoms with van der Waals surface area (Å²) in [5, 5.41) is 12.3. The highest BCUT2D eigenvalue weighted by Crippen LogP contribution is 2.42. The number of amides is 1. The van der Waals surface area contributed by atoms with Crippen molar-refractivity contribution in [2.24, 2.45) is 11.3 Å². The fourth-order valence-electron chi connectivity index (χ4n) is 2.72. The molecule has 1 rings (SSSR count). The van der Waals surface area contributed by atoms with Crippen LogP contribution in [0.4, 0.5) is 0 Å². The molecule has 4 heteroatoms. The van der Waals surface area contributed by atoms with Crippen LogP contribution < -0.4 is 5.32 Å². The van der Waals surface area contributed by atoms with Gasteiger partial charge in [0.25, 0.3) is 0 Å². The second-order valence-corrected chi connectivity index (χ2v) is 6.05. The van der Waals surface area contributed by atoms with E-state index in [1.807, 2.05) is 0 Å². The van der Waals surface area contributed by atoms with Gasteiger partial charge >= 0.3 is 0 Å². The summed E-state index contributed by atoms with van der Waals surface area (Å²) in [7, 11) is 1.54. The predicted molar refractivity (Wildman–Crippen MR) is 71.2 cm³/mol. The molecule has 2 unspecified atom stereocenters.